The standard InChI is InChI=1S/C15H27N3S/c1-4-18(5-2)14-6-7-17(11-14)10-13-8-15(9-16)19-12(13)3/h8,14H,4-7,9-11,16H2,1-3H3. The first-order valence-electron chi connectivity index (χ1n) is 7.42. The molecule has 1 unspecified atom stereocenters. The van der Waals surface area contributed by atoms with Crippen molar-refractivity contribution in [2.24, 2.45) is 5.73 Å². The van der Waals surface area contributed by atoms with Crippen LogP contribution in [0.2, 0.25) is 0 Å². The molecule has 3 nitrogen and oxygen atoms in total. The molecular weight excluding hydrogens is 254 g/mol. The van der Waals surface area contributed by atoms with Crippen molar-refractivity contribution in [3.8, 4) is 0 Å². The molecule has 1 atom stereocenters. The summed E-state index contributed by atoms with van der Waals surface area (Å²) in [6.07, 6.45) is 1.31. The summed E-state index contributed by atoms with van der Waals surface area (Å²) in [5.41, 5.74) is 7.21. The molecule has 2 heterocycles. The summed E-state index contributed by atoms with van der Waals surface area (Å²) < 4.78 is 0. The normalized spacial score (nSPS) is 20.6. The summed E-state index contributed by atoms with van der Waals surface area (Å²) in [5.74, 6) is 0. The van der Waals surface area contributed by atoms with Gasteiger partial charge in [-0.2, -0.15) is 0 Å². The first kappa shape index (κ1) is 15.0. The third-order valence-electron chi connectivity index (χ3n) is 4.24. The van der Waals surface area contributed by atoms with E-state index in [4.69, 9.17) is 5.73 Å². The molecule has 1 aromatic heterocycles. The molecule has 0 spiro atoms. The highest BCUT2D eigenvalue weighted by Gasteiger charge is 2.26. The van der Waals surface area contributed by atoms with Gasteiger partial charge in [0.2, 0.25) is 0 Å². The van der Waals surface area contributed by atoms with Gasteiger partial charge in [-0.25, -0.2) is 0 Å². The minimum atomic E-state index is 0.674. The van der Waals surface area contributed by atoms with Crippen molar-refractivity contribution < 1.29 is 0 Å². The molecule has 1 saturated heterocycles. The van der Waals surface area contributed by atoms with Gasteiger partial charge in [-0.05, 0) is 38.1 Å². The lowest BCUT2D eigenvalue weighted by molar-refractivity contribution is 0.209. The van der Waals surface area contributed by atoms with Crippen LogP contribution in [0.15, 0.2) is 6.07 Å². The number of thiophene rings is 1. The van der Waals surface area contributed by atoms with Crippen LogP contribution in [0.3, 0.4) is 0 Å². The van der Waals surface area contributed by atoms with Crippen molar-refractivity contribution >= 4 is 11.3 Å². The number of hydrogen-bond donors (Lipinski definition) is 1. The summed E-state index contributed by atoms with van der Waals surface area (Å²) in [6.45, 7) is 13.3. The zero-order valence-electron chi connectivity index (χ0n) is 12.5. The Bertz CT molecular complexity index is 398. The second kappa shape index (κ2) is 6.84. The van der Waals surface area contributed by atoms with Crippen molar-refractivity contribution in [3.63, 3.8) is 0 Å². The van der Waals surface area contributed by atoms with E-state index >= 15 is 0 Å². The molecule has 19 heavy (non-hydrogen) atoms. The first-order valence-corrected chi connectivity index (χ1v) is 8.24. The highest BCUT2D eigenvalue weighted by Crippen LogP contribution is 2.25. The van der Waals surface area contributed by atoms with Crippen LogP contribution in [0, 0.1) is 6.92 Å². The Kier molecular flexibility index (Phi) is 5.39. The van der Waals surface area contributed by atoms with Crippen LogP contribution in [0.4, 0.5) is 0 Å². The highest BCUT2D eigenvalue weighted by molar-refractivity contribution is 7.12. The quantitative estimate of drug-likeness (QED) is 0.869. The van der Waals surface area contributed by atoms with Crippen LogP contribution in [0.25, 0.3) is 0 Å². The van der Waals surface area contributed by atoms with Crippen LogP contribution < -0.4 is 5.73 Å². The zero-order chi connectivity index (χ0) is 13.8. The fraction of sp³-hybridized carbons (Fsp3) is 0.733. The Morgan fingerprint density at radius 2 is 2.16 bits per heavy atom. The molecule has 0 radical (unpaired) electrons. The van der Waals surface area contributed by atoms with E-state index in [2.05, 4.69) is 36.6 Å². The molecule has 0 bridgehead atoms. The lowest BCUT2D eigenvalue weighted by atomic mass is 10.2. The molecule has 0 aliphatic carbocycles. The Labute approximate surface area is 121 Å². The predicted octanol–water partition coefficient (Wildman–Crippen LogP) is 2.43. The summed E-state index contributed by atoms with van der Waals surface area (Å²) in [5, 5.41) is 0. The number of likely N-dealkylation sites (tertiary alicyclic amines) is 1. The third kappa shape index (κ3) is 3.57. The molecule has 1 aliphatic heterocycles. The summed E-state index contributed by atoms with van der Waals surface area (Å²) in [6, 6.07) is 3.05. The Morgan fingerprint density at radius 3 is 2.74 bits per heavy atom. The maximum Gasteiger partial charge on any atom is 0.0274 e. The van der Waals surface area contributed by atoms with Crippen molar-refractivity contribution in [2.45, 2.75) is 46.3 Å². The van der Waals surface area contributed by atoms with E-state index in [0.717, 1.165) is 12.6 Å². The molecule has 4 heteroatoms. The molecule has 0 aromatic carbocycles. The van der Waals surface area contributed by atoms with Gasteiger partial charge in [-0.1, -0.05) is 13.8 Å². The van der Waals surface area contributed by atoms with E-state index in [1.54, 1.807) is 0 Å². The number of nitrogens with two attached hydrogens (primary N) is 1. The average molecular weight is 281 g/mol. The fourth-order valence-electron chi connectivity index (χ4n) is 3.08. The maximum absolute atomic E-state index is 5.73. The second-order valence-electron chi connectivity index (χ2n) is 5.40. The predicted molar refractivity (Wildman–Crippen MR) is 83.6 cm³/mol. The average Bonchev–Trinajstić information content (AvgIpc) is 3.00. The molecule has 1 aliphatic rings. The number of rotatable bonds is 6. The number of aryl methyl sites for hydroxylation is 1. The fourth-order valence-corrected chi connectivity index (χ4v) is 4.01. The lowest BCUT2D eigenvalue weighted by Gasteiger charge is -2.26. The molecule has 108 valence electrons. The molecule has 0 amide bonds. The van der Waals surface area contributed by atoms with Gasteiger partial charge in [0.15, 0.2) is 0 Å². The second-order valence-corrected chi connectivity index (χ2v) is 6.74. The monoisotopic (exact) mass is 281 g/mol. The van der Waals surface area contributed by atoms with Crippen LogP contribution >= 0.6 is 11.3 Å². The van der Waals surface area contributed by atoms with Crippen LogP contribution in [-0.2, 0) is 13.1 Å². The van der Waals surface area contributed by atoms with Crippen LogP contribution in [0.5, 0.6) is 0 Å². The molecule has 2 N–H and O–H groups in total. The van der Waals surface area contributed by atoms with Gasteiger partial charge in [0.25, 0.3) is 0 Å². The summed E-state index contributed by atoms with van der Waals surface area (Å²) >= 11 is 1.85. The van der Waals surface area contributed by atoms with Gasteiger partial charge < -0.3 is 5.73 Å². The minimum absolute atomic E-state index is 0.674. The van der Waals surface area contributed by atoms with Crippen molar-refractivity contribution in [1.82, 2.24) is 9.80 Å². The Balaban J connectivity index is 1.92. The van der Waals surface area contributed by atoms with E-state index in [1.807, 2.05) is 11.3 Å². The maximum atomic E-state index is 5.73. The third-order valence-corrected chi connectivity index (χ3v) is 5.36. The first-order chi connectivity index (χ1) is 9.17. The smallest absolute Gasteiger partial charge is 0.0274 e. The molecule has 0 saturated carbocycles. The van der Waals surface area contributed by atoms with E-state index in [-0.39, 0.29) is 0 Å². The summed E-state index contributed by atoms with van der Waals surface area (Å²) in [4.78, 5) is 7.93. The van der Waals surface area contributed by atoms with Gasteiger partial charge in [0.1, 0.15) is 0 Å². The van der Waals surface area contributed by atoms with Gasteiger partial charge in [-0.3, -0.25) is 9.80 Å². The molecular formula is C15H27N3S. The van der Waals surface area contributed by atoms with E-state index in [1.165, 1.54) is 47.9 Å². The van der Waals surface area contributed by atoms with E-state index < -0.39 is 0 Å². The summed E-state index contributed by atoms with van der Waals surface area (Å²) in [7, 11) is 0. The van der Waals surface area contributed by atoms with E-state index in [9.17, 15) is 0 Å². The Hall–Kier alpha value is -0.420. The minimum Gasteiger partial charge on any atom is -0.326 e. The topological polar surface area (TPSA) is 32.5 Å². The zero-order valence-corrected chi connectivity index (χ0v) is 13.3. The van der Waals surface area contributed by atoms with Crippen molar-refractivity contribution in [1.29, 1.82) is 0 Å². The van der Waals surface area contributed by atoms with Gasteiger partial charge in [-0.15, -0.1) is 11.3 Å². The van der Waals surface area contributed by atoms with Gasteiger partial charge in [0.05, 0.1) is 0 Å². The highest BCUT2D eigenvalue weighted by atomic mass is 32.1. The SMILES string of the molecule is CCN(CC)C1CCN(Cc2cc(CN)sc2C)C1. The van der Waals surface area contributed by atoms with Gasteiger partial charge in [0, 0.05) is 42.0 Å². The largest absolute Gasteiger partial charge is 0.326 e. The number of hydrogen-bond acceptors (Lipinski definition) is 4. The lowest BCUT2D eigenvalue weighted by Crippen LogP contribution is -2.37. The number of nitrogens with zero attached hydrogens (tertiary/aromatic N) is 2. The molecule has 1 aromatic rings. The van der Waals surface area contributed by atoms with Crippen LogP contribution in [-0.4, -0.2) is 42.0 Å². The van der Waals surface area contributed by atoms with Crippen molar-refractivity contribution in [3.05, 3.63) is 21.4 Å². The van der Waals surface area contributed by atoms with Crippen LogP contribution in [0.1, 0.15) is 35.6 Å². The van der Waals surface area contributed by atoms with E-state index in [0.29, 0.717) is 6.54 Å². The molecule has 2 rings (SSSR count). The Morgan fingerprint density at radius 1 is 1.42 bits per heavy atom. The van der Waals surface area contributed by atoms with Crippen molar-refractivity contribution in [2.75, 3.05) is 26.2 Å². The van der Waals surface area contributed by atoms with Gasteiger partial charge >= 0.3 is 0 Å². The molecule has 1 fully saturated rings. The number of likely N-dealkylation sites (N-methyl/N-ethyl adjacent to an activating group) is 1.